The molecule has 324 valence electrons. The molecular formula is C59H69BN2O. The SMILES string of the molecule is Cc1cc2c3c(c1)N(c1ccc(C(C)(C)C)cc1)c1oc4c(c1B3c1cc3c(cc1N2c1ccc(C(C)(C)C)cc1-c1ccccc1)C(C)(C)CCC3(C)C)C(C)(C)CCC4(C)C. The molecule has 0 spiro atoms. The normalized spacial score (nSPS) is 18.9. The number of furan rings is 1. The Balaban J connectivity index is 1.37. The highest BCUT2D eigenvalue weighted by molar-refractivity contribution is 7.00. The van der Waals surface area contributed by atoms with Crippen LogP contribution in [0.25, 0.3) is 11.1 Å². The molecule has 1 aromatic heterocycles. The highest BCUT2D eigenvalue weighted by Gasteiger charge is 2.53. The van der Waals surface area contributed by atoms with E-state index in [1.165, 1.54) is 95.8 Å². The molecular weight excluding hydrogens is 763 g/mol. The van der Waals surface area contributed by atoms with Crippen molar-refractivity contribution in [1.29, 1.82) is 0 Å². The molecule has 0 N–H and O–H groups in total. The van der Waals surface area contributed by atoms with Crippen LogP contribution in [0.15, 0.2) is 101 Å². The zero-order chi connectivity index (χ0) is 45.0. The largest absolute Gasteiger partial charge is 0.444 e. The molecule has 0 saturated carbocycles. The van der Waals surface area contributed by atoms with Crippen LogP contribution in [-0.2, 0) is 32.5 Å². The van der Waals surface area contributed by atoms with E-state index >= 15 is 0 Å². The summed E-state index contributed by atoms with van der Waals surface area (Å²) in [4.78, 5) is 5.18. The smallest absolute Gasteiger partial charge is 0.256 e. The van der Waals surface area contributed by atoms with Crippen molar-refractivity contribution in [3.05, 3.63) is 136 Å². The van der Waals surface area contributed by atoms with Crippen LogP contribution in [-0.4, -0.2) is 6.71 Å². The Kier molecular flexibility index (Phi) is 9.03. The molecule has 63 heavy (non-hydrogen) atoms. The van der Waals surface area contributed by atoms with E-state index in [2.05, 4.69) is 211 Å². The van der Waals surface area contributed by atoms with Gasteiger partial charge in [0, 0.05) is 33.7 Å². The molecule has 10 rings (SSSR count). The summed E-state index contributed by atoms with van der Waals surface area (Å²) in [7, 11) is 0. The van der Waals surface area contributed by atoms with Gasteiger partial charge >= 0.3 is 0 Å². The van der Waals surface area contributed by atoms with Crippen molar-refractivity contribution in [1.82, 2.24) is 0 Å². The Morgan fingerprint density at radius 1 is 0.524 bits per heavy atom. The molecule has 4 heteroatoms. The summed E-state index contributed by atoms with van der Waals surface area (Å²) in [6.45, 7) is 35.9. The fourth-order valence-electron chi connectivity index (χ4n) is 11.7. The Labute approximate surface area is 379 Å². The van der Waals surface area contributed by atoms with Gasteiger partial charge in [-0.15, -0.1) is 0 Å². The summed E-state index contributed by atoms with van der Waals surface area (Å²) in [5.41, 5.74) is 21.0. The first-order valence-electron chi connectivity index (χ1n) is 23.8. The molecule has 2 aliphatic heterocycles. The lowest BCUT2D eigenvalue weighted by Gasteiger charge is -2.47. The van der Waals surface area contributed by atoms with Crippen LogP contribution in [0, 0.1) is 6.92 Å². The monoisotopic (exact) mass is 833 g/mol. The van der Waals surface area contributed by atoms with Gasteiger partial charge in [0.1, 0.15) is 5.76 Å². The van der Waals surface area contributed by atoms with E-state index in [-0.39, 0.29) is 39.2 Å². The molecule has 0 saturated heterocycles. The van der Waals surface area contributed by atoms with E-state index in [0.717, 1.165) is 30.8 Å². The van der Waals surface area contributed by atoms with Crippen molar-refractivity contribution in [2.45, 2.75) is 162 Å². The van der Waals surface area contributed by atoms with Crippen molar-refractivity contribution < 1.29 is 4.42 Å². The summed E-state index contributed by atoms with van der Waals surface area (Å²) < 4.78 is 7.58. The number of hydrogen-bond acceptors (Lipinski definition) is 3. The van der Waals surface area contributed by atoms with E-state index in [9.17, 15) is 0 Å². The molecule has 4 aliphatic rings. The summed E-state index contributed by atoms with van der Waals surface area (Å²) in [6, 6.07) is 38.0. The van der Waals surface area contributed by atoms with Gasteiger partial charge in [-0.05, 0) is 157 Å². The fraction of sp³-hybridized carbons (Fsp3) is 0.424. The molecule has 0 amide bonds. The number of benzene rings is 5. The molecule has 0 bridgehead atoms. The first-order valence-corrected chi connectivity index (χ1v) is 23.8. The molecule has 0 fully saturated rings. The van der Waals surface area contributed by atoms with E-state index < -0.39 is 0 Å². The minimum atomic E-state index is -0.0975. The van der Waals surface area contributed by atoms with Gasteiger partial charge in [-0.25, -0.2) is 0 Å². The van der Waals surface area contributed by atoms with Crippen LogP contribution in [0.3, 0.4) is 0 Å². The van der Waals surface area contributed by atoms with E-state index in [1.807, 2.05) is 0 Å². The molecule has 0 unspecified atom stereocenters. The molecule has 0 atom stereocenters. The lowest BCUT2D eigenvalue weighted by molar-refractivity contribution is 0.280. The zero-order valence-corrected chi connectivity index (χ0v) is 40.9. The number of aryl methyl sites for hydroxylation is 1. The predicted molar refractivity (Wildman–Crippen MR) is 271 cm³/mol. The standard InChI is InChI=1S/C59H69BN2O/c1-36-31-47-50-48(32-36)62(45-26-23-39(55(5,6)7)33-41(45)37-19-17-16-18-20-37)46-35-43-42(56(8,9)27-28-57(43,10)11)34-44(46)60(50)51-49-52(59(14,15)30-29-58(49,12)13)63-53(51)61(47)40-24-21-38(22-25-40)54(2,3)4/h16-26,31-35H,27-30H2,1-15H3. The summed E-state index contributed by atoms with van der Waals surface area (Å²) >= 11 is 0. The number of hydrogen-bond donors (Lipinski definition) is 0. The average molecular weight is 833 g/mol. The minimum Gasteiger partial charge on any atom is -0.444 e. The topological polar surface area (TPSA) is 19.6 Å². The zero-order valence-electron chi connectivity index (χ0n) is 40.9. The van der Waals surface area contributed by atoms with Gasteiger partial charge in [0.15, 0.2) is 5.88 Å². The Hall–Kier alpha value is -4.96. The number of anilines is 6. The van der Waals surface area contributed by atoms with Gasteiger partial charge in [-0.2, -0.15) is 0 Å². The van der Waals surface area contributed by atoms with Crippen molar-refractivity contribution in [3.8, 4) is 11.1 Å². The van der Waals surface area contributed by atoms with Crippen molar-refractivity contribution in [2.24, 2.45) is 0 Å². The molecule has 0 radical (unpaired) electrons. The van der Waals surface area contributed by atoms with Crippen LogP contribution >= 0.6 is 0 Å². The van der Waals surface area contributed by atoms with Gasteiger partial charge in [0.05, 0.1) is 5.69 Å². The second-order valence-corrected chi connectivity index (χ2v) is 24.5. The maximum Gasteiger partial charge on any atom is 0.256 e. The van der Waals surface area contributed by atoms with Gasteiger partial charge in [-0.1, -0.05) is 152 Å². The van der Waals surface area contributed by atoms with Crippen molar-refractivity contribution in [3.63, 3.8) is 0 Å². The number of nitrogens with zero attached hydrogens (tertiary/aromatic N) is 2. The highest BCUT2D eigenvalue weighted by Crippen LogP contribution is 2.55. The van der Waals surface area contributed by atoms with Crippen LogP contribution in [0.2, 0.25) is 0 Å². The maximum atomic E-state index is 7.58. The summed E-state index contributed by atoms with van der Waals surface area (Å²) in [5, 5.41) is 0. The third kappa shape index (κ3) is 6.42. The molecule has 6 aromatic rings. The average Bonchev–Trinajstić information content (AvgIpc) is 3.63. The fourth-order valence-corrected chi connectivity index (χ4v) is 11.7. The quantitative estimate of drug-likeness (QED) is 0.165. The summed E-state index contributed by atoms with van der Waals surface area (Å²) in [6.07, 6.45) is 4.54. The molecule has 5 aromatic carbocycles. The number of rotatable bonds is 3. The van der Waals surface area contributed by atoms with Crippen LogP contribution in [0.1, 0.15) is 162 Å². The second-order valence-electron chi connectivity index (χ2n) is 24.5. The molecule has 3 nitrogen and oxygen atoms in total. The van der Waals surface area contributed by atoms with Gasteiger partial charge < -0.3 is 9.32 Å². The van der Waals surface area contributed by atoms with E-state index in [1.54, 1.807) is 0 Å². The highest BCUT2D eigenvalue weighted by atomic mass is 16.4. The lowest BCUT2D eigenvalue weighted by atomic mass is 9.32. The second kappa shape index (κ2) is 13.5. The van der Waals surface area contributed by atoms with Crippen molar-refractivity contribution >= 4 is 57.4 Å². The van der Waals surface area contributed by atoms with Gasteiger partial charge in [0.25, 0.3) is 6.71 Å². The van der Waals surface area contributed by atoms with E-state index in [0.29, 0.717) is 0 Å². The Morgan fingerprint density at radius 2 is 1.08 bits per heavy atom. The van der Waals surface area contributed by atoms with Gasteiger partial charge in [-0.3, -0.25) is 4.90 Å². The molecule has 3 heterocycles. The first-order chi connectivity index (χ1) is 29.4. The Bertz CT molecular complexity index is 2820. The van der Waals surface area contributed by atoms with Crippen LogP contribution in [0.4, 0.5) is 34.3 Å². The van der Waals surface area contributed by atoms with Crippen molar-refractivity contribution in [2.75, 3.05) is 9.80 Å². The van der Waals surface area contributed by atoms with E-state index in [4.69, 9.17) is 4.42 Å². The van der Waals surface area contributed by atoms with Gasteiger partial charge in [0.2, 0.25) is 0 Å². The minimum absolute atomic E-state index is 0.00939. The Morgan fingerprint density at radius 3 is 1.70 bits per heavy atom. The lowest BCUT2D eigenvalue weighted by Crippen LogP contribution is -2.63. The third-order valence-corrected chi connectivity index (χ3v) is 15.9. The first kappa shape index (κ1) is 42.0. The summed E-state index contributed by atoms with van der Waals surface area (Å²) in [5.74, 6) is 2.16. The maximum absolute atomic E-state index is 7.58. The van der Waals surface area contributed by atoms with Crippen LogP contribution < -0.4 is 26.2 Å². The third-order valence-electron chi connectivity index (χ3n) is 15.9. The predicted octanol–water partition coefficient (Wildman–Crippen LogP) is 14.6. The number of fused-ring (bicyclic) bond motifs is 7. The van der Waals surface area contributed by atoms with Crippen LogP contribution in [0.5, 0.6) is 0 Å². The molecule has 2 aliphatic carbocycles.